The van der Waals surface area contributed by atoms with Crippen molar-refractivity contribution in [3.63, 3.8) is 0 Å². The van der Waals surface area contributed by atoms with Crippen LogP contribution in [0, 0.1) is 5.92 Å². The molecule has 5 nitrogen and oxygen atoms in total. The standard InChI is InChI=1S/C53H45N5/c1-37-19-15-16-34-57(43-27-9-4-10-28-43)50-46-31-12-14-33-48(46)58(47-32-13-11-30-45(47)49(37)50)44-29-18-25-41(36-44)40-24-17-26-42(35-40)53-55-51(38-20-5-2-6-21-38)54-52(56-53)39-22-7-3-8-23-39/h2-22,24-36,39,51-56H,1,23H2/b19-15-,34-16-. The van der Waals surface area contributed by atoms with Crippen LogP contribution in [0.2, 0.25) is 0 Å². The molecule has 3 N–H and O–H groups in total. The number of rotatable bonds is 6. The Kier molecular flexibility index (Phi) is 9.61. The van der Waals surface area contributed by atoms with Crippen molar-refractivity contribution >= 4 is 34.0 Å². The number of benzene rings is 6. The van der Waals surface area contributed by atoms with Crippen molar-refractivity contribution in [3.05, 3.63) is 241 Å². The van der Waals surface area contributed by atoms with Crippen molar-refractivity contribution in [2.75, 3.05) is 9.80 Å². The zero-order chi connectivity index (χ0) is 38.8. The molecule has 0 spiro atoms. The van der Waals surface area contributed by atoms with E-state index in [9.17, 15) is 0 Å². The van der Waals surface area contributed by atoms with Gasteiger partial charge in [0.05, 0.1) is 35.6 Å². The lowest BCUT2D eigenvalue weighted by molar-refractivity contribution is 0.170. The van der Waals surface area contributed by atoms with Crippen LogP contribution in [0.3, 0.4) is 0 Å². The quantitative estimate of drug-likeness (QED) is 0.158. The van der Waals surface area contributed by atoms with Gasteiger partial charge in [-0.05, 0) is 82.8 Å². The van der Waals surface area contributed by atoms with Crippen LogP contribution in [0.1, 0.15) is 41.0 Å². The lowest BCUT2D eigenvalue weighted by Gasteiger charge is -2.42. The van der Waals surface area contributed by atoms with Crippen LogP contribution in [0.15, 0.2) is 219 Å². The summed E-state index contributed by atoms with van der Waals surface area (Å²) < 4.78 is 0. The average molecular weight is 752 g/mol. The highest BCUT2D eigenvalue weighted by Gasteiger charge is 2.34. The van der Waals surface area contributed by atoms with Crippen LogP contribution in [0.25, 0.3) is 22.4 Å². The lowest BCUT2D eigenvalue weighted by Crippen LogP contribution is -2.61. The molecule has 5 heteroatoms. The molecule has 1 aliphatic carbocycles. The second-order valence-electron chi connectivity index (χ2n) is 15.2. The van der Waals surface area contributed by atoms with Crippen LogP contribution >= 0.6 is 0 Å². The maximum atomic E-state index is 4.65. The topological polar surface area (TPSA) is 42.6 Å². The highest BCUT2D eigenvalue weighted by molar-refractivity contribution is 6.12. The third-order valence-electron chi connectivity index (χ3n) is 11.5. The van der Waals surface area contributed by atoms with Crippen molar-refractivity contribution in [1.82, 2.24) is 16.0 Å². The van der Waals surface area contributed by atoms with E-state index < -0.39 is 0 Å². The summed E-state index contributed by atoms with van der Waals surface area (Å²) in [6, 6.07) is 56.7. The number of nitrogens with one attached hydrogen (secondary N) is 3. The highest BCUT2D eigenvalue weighted by atomic mass is 15.4. The van der Waals surface area contributed by atoms with Crippen LogP contribution in [0.5, 0.6) is 0 Å². The zero-order valence-electron chi connectivity index (χ0n) is 32.2. The van der Waals surface area contributed by atoms with Gasteiger partial charge < -0.3 is 9.80 Å². The summed E-state index contributed by atoms with van der Waals surface area (Å²) in [6.07, 6.45) is 18.4. The average Bonchev–Trinajstić information content (AvgIpc) is 3.41. The van der Waals surface area contributed by atoms with Crippen LogP contribution in [0.4, 0.5) is 22.7 Å². The molecule has 4 atom stereocenters. The molecule has 4 unspecified atom stereocenters. The van der Waals surface area contributed by atoms with E-state index in [1.807, 2.05) is 0 Å². The van der Waals surface area contributed by atoms with E-state index in [4.69, 9.17) is 0 Å². The summed E-state index contributed by atoms with van der Waals surface area (Å²) in [5, 5.41) is 11.7. The first-order chi connectivity index (χ1) is 28.7. The summed E-state index contributed by atoms with van der Waals surface area (Å²) in [5.41, 5.74) is 14.5. The SMILES string of the molecule is C=C1/C=C\C=C/N(c2ccccc2)C2=C1c1ccccc1N(c1cccc(-c3cccc(C4NC(c5ccccc5)NC(C5C=CC=CC5)N4)c3)c1)c1ccccc12. The molecule has 0 amide bonds. The maximum absolute atomic E-state index is 4.65. The fraction of sp³-hybridized carbons (Fsp3) is 0.0943. The first-order valence-electron chi connectivity index (χ1n) is 20.2. The Morgan fingerprint density at radius 2 is 1.17 bits per heavy atom. The summed E-state index contributed by atoms with van der Waals surface area (Å²) in [6.45, 7) is 4.65. The molecule has 0 bridgehead atoms. The molecule has 6 aromatic rings. The molecular weight excluding hydrogens is 707 g/mol. The number of hydrogen-bond acceptors (Lipinski definition) is 5. The van der Waals surface area contributed by atoms with E-state index in [1.165, 1.54) is 11.1 Å². The van der Waals surface area contributed by atoms with E-state index >= 15 is 0 Å². The van der Waals surface area contributed by atoms with Gasteiger partial charge in [-0.1, -0.05) is 158 Å². The third kappa shape index (κ3) is 6.76. The second kappa shape index (κ2) is 15.6. The van der Waals surface area contributed by atoms with Gasteiger partial charge in [0.2, 0.25) is 0 Å². The largest absolute Gasteiger partial charge is 0.316 e. The van der Waals surface area contributed by atoms with Crippen molar-refractivity contribution in [2.45, 2.75) is 24.9 Å². The lowest BCUT2D eigenvalue weighted by atomic mass is 9.91. The van der Waals surface area contributed by atoms with Gasteiger partial charge in [-0.15, -0.1) is 0 Å². The van der Waals surface area contributed by atoms with Gasteiger partial charge in [-0.25, -0.2) is 0 Å². The van der Waals surface area contributed by atoms with E-state index in [-0.39, 0.29) is 18.5 Å². The van der Waals surface area contributed by atoms with Crippen LogP contribution in [-0.2, 0) is 0 Å². The number of hydrogen-bond donors (Lipinski definition) is 3. The van der Waals surface area contributed by atoms with E-state index in [1.54, 1.807) is 0 Å². The number of fused-ring (bicyclic) bond motifs is 4. The Hall–Kier alpha value is -6.76. The van der Waals surface area contributed by atoms with E-state index in [0.29, 0.717) is 5.92 Å². The molecule has 4 aliphatic rings. The van der Waals surface area contributed by atoms with Crippen LogP contribution < -0.4 is 25.8 Å². The molecule has 0 aromatic heterocycles. The molecule has 1 fully saturated rings. The van der Waals surface area contributed by atoms with Gasteiger partial charge in [0.15, 0.2) is 0 Å². The number of para-hydroxylation sites is 3. The van der Waals surface area contributed by atoms with Crippen molar-refractivity contribution in [3.8, 4) is 11.1 Å². The third-order valence-corrected chi connectivity index (χ3v) is 11.5. The molecule has 282 valence electrons. The summed E-state index contributed by atoms with van der Waals surface area (Å²) in [7, 11) is 0. The summed E-state index contributed by atoms with van der Waals surface area (Å²) in [4.78, 5) is 4.73. The summed E-state index contributed by atoms with van der Waals surface area (Å²) in [5.74, 6) is 0.345. The molecule has 1 saturated heterocycles. The molecule has 0 saturated carbocycles. The molecule has 10 rings (SSSR count). The van der Waals surface area contributed by atoms with Gasteiger partial charge in [0.1, 0.15) is 0 Å². The monoisotopic (exact) mass is 751 g/mol. The van der Waals surface area contributed by atoms with Gasteiger partial charge in [-0.2, -0.15) is 0 Å². The van der Waals surface area contributed by atoms with Crippen molar-refractivity contribution in [1.29, 1.82) is 0 Å². The number of anilines is 4. The Balaban J connectivity index is 1.06. The Labute approximate surface area is 341 Å². The number of allylic oxidation sites excluding steroid dienone is 8. The molecule has 58 heavy (non-hydrogen) atoms. The minimum Gasteiger partial charge on any atom is -0.316 e. The van der Waals surface area contributed by atoms with Gasteiger partial charge in [0.25, 0.3) is 0 Å². The normalized spacial score (nSPS) is 22.2. The minimum absolute atomic E-state index is 0.000169. The molecule has 3 heterocycles. The predicted octanol–water partition coefficient (Wildman–Crippen LogP) is 12.1. The second-order valence-corrected chi connectivity index (χ2v) is 15.2. The van der Waals surface area contributed by atoms with Gasteiger partial charge in [0, 0.05) is 40.2 Å². The molecule has 6 aromatic carbocycles. The Morgan fingerprint density at radius 3 is 1.95 bits per heavy atom. The molecule has 0 radical (unpaired) electrons. The van der Waals surface area contributed by atoms with Crippen LogP contribution in [-0.4, -0.2) is 6.17 Å². The Morgan fingerprint density at radius 1 is 0.534 bits per heavy atom. The zero-order valence-corrected chi connectivity index (χ0v) is 32.2. The predicted molar refractivity (Wildman–Crippen MR) is 241 cm³/mol. The van der Waals surface area contributed by atoms with Gasteiger partial charge in [-0.3, -0.25) is 16.0 Å². The van der Waals surface area contributed by atoms with Crippen molar-refractivity contribution in [2.24, 2.45) is 5.92 Å². The molecular formula is C53H45N5. The highest BCUT2D eigenvalue weighted by Crippen LogP contribution is 2.51. The smallest absolute Gasteiger partial charge is 0.0862 e. The Bertz CT molecular complexity index is 2630. The fourth-order valence-corrected chi connectivity index (χ4v) is 8.78. The minimum atomic E-state index is -0.0578. The number of nitrogens with zero attached hydrogens (tertiary/aromatic N) is 2. The molecule has 3 aliphatic heterocycles. The first kappa shape index (κ1) is 35.6. The first-order valence-corrected chi connectivity index (χ1v) is 20.2. The van der Waals surface area contributed by atoms with Crippen molar-refractivity contribution < 1.29 is 0 Å². The van der Waals surface area contributed by atoms with Gasteiger partial charge >= 0.3 is 0 Å². The van der Waals surface area contributed by atoms with E-state index in [2.05, 4.69) is 239 Å². The van der Waals surface area contributed by atoms with E-state index in [0.717, 1.165) is 68.3 Å². The summed E-state index contributed by atoms with van der Waals surface area (Å²) >= 11 is 0. The maximum Gasteiger partial charge on any atom is 0.0862 e. The fourth-order valence-electron chi connectivity index (χ4n) is 8.78.